The number of para-hydroxylation sites is 2. The highest BCUT2D eigenvalue weighted by atomic mass is 31.1. The van der Waals surface area contributed by atoms with Gasteiger partial charge in [0.1, 0.15) is 11.2 Å². The molecule has 3 nitrogen and oxygen atoms in total. The zero-order valence-corrected chi connectivity index (χ0v) is 24.4. The quantitative estimate of drug-likeness (QED) is 0.154. The van der Waals surface area contributed by atoms with Gasteiger partial charge in [-0.05, 0) is 47.9 Å². The summed E-state index contributed by atoms with van der Waals surface area (Å²) in [5.74, 6) is 0. The van der Waals surface area contributed by atoms with Crippen LogP contribution >= 0.6 is 8.16 Å². The van der Waals surface area contributed by atoms with Crippen LogP contribution in [-0.2, 0) is 12.8 Å². The van der Waals surface area contributed by atoms with E-state index in [1.165, 1.54) is 11.1 Å². The lowest BCUT2D eigenvalue weighted by molar-refractivity contribution is 0.503. The van der Waals surface area contributed by atoms with Crippen LogP contribution in [0, 0.1) is 0 Å². The standard InChI is InChI=1S/C36H38NO2P/c1-5-17-29-23-15-25-31-32-26-16-24-30(18-6-2)36(32)39-40(38-35(29)31)37(33(7-3)27-19-11-9-12-20-27)34(8-4)28-21-13-10-14-22-28/h5-6,9-16,19-26,33-34H,1-2,7-8,17-18H2,3-4H3/t33-,34-/m0/s1. The number of rotatable bonds is 11. The van der Waals surface area contributed by atoms with Crippen LogP contribution in [0.2, 0.25) is 0 Å². The van der Waals surface area contributed by atoms with Crippen molar-refractivity contribution < 1.29 is 8.39 Å². The van der Waals surface area contributed by atoms with E-state index in [9.17, 15) is 0 Å². The molecule has 4 heteroatoms. The Morgan fingerprint density at radius 1 is 0.625 bits per heavy atom. The Labute approximate surface area is 239 Å². The first kappa shape index (κ1) is 27.8. The van der Waals surface area contributed by atoms with Crippen molar-refractivity contribution in [3.05, 3.63) is 145 Å². The topological polar surface area (TPSA) is 29.5 Å². The summed E-state index contributed by atoms with van der Waals surface area (Å²) in [7, 11) is -1.56. The Morgan fingerprint density at radius 2 is 1.05 bits per heavy atom. The van der Waals surface area contributed by atoms with E-state index in [2.05, 4.69) is 129 Å². The molecule has 2 atom stereocenters. The maximum absolute atomic E-state index is 7.12. The minimum Gasteiger partial charge on any atom is -0.407 e. The highest BCUT2D eigenvalue weighted by Gasteiger charge is 2.32. The molecule has 0 amide bonds. The third-order valence-electron chi connectivity index (χ3n) is 7.52. The fourth-order valence-electron chi connectivity index (χ4n) is 5.66. The molecule has 4 aromatic carbocycles. The van der Waals surface area contributed by atoms with E-state index >= 15 is 0 Å². The predicted octanol–water partition coefficient (Wildman–Crippen LogP) is 11.0. The Balaban J connectivity index is 1.90. The molecule has 1 heterocycles. The van der Waals surface area contributed by atoms with Gasteiger partial charge in [0, 0.05) is 22.9 Å². The average Bonchev–Trinajstić information content (AvgIpc) is 3.17. The molecule has 5 rings (SSSR count). The van der Waals surface area contributed by atoms with Gasteiger partial charge in [-0.1, -0.05) is 123 Å². The summed E-state index contributed by atoms with van der Waals surface area (Å²) in [4.78, 5) is 0. The maximum Gasteiger partial charge on any atom is 0.310 e. The first-order chi connectivity index (χ1) is 19.7. The van der Waals surface area contributed by atoms with Gasteiger partial charge in [-0.15, -0.1) is 13.2 Å². The summed E-state index contributed by atoms with van der Waals surface area (Å²) in [6, 6.07) is 34.5. The molecule has 0 aliphatic heterocycles. The van der Waals surface area contributed by atoms with Crippen LogP contribution in [0.25, 0.3) is 21.9 Å². The van der Waals surface area contributed by atoms with Gasteiger partial charge in [0.2, 0.25) is 0 Å². The molecule has 0 radical (unpaired) electrons. The number of hydrogen-bond donors (Lipinski definition) is 0. The van der Waals surface area contributed by atoms with Gasteiger partial charge in [0.05, 0.1) is 0 Å². The van der Waals surface area contributed by atoms with Gasteiger partial charge in [-0.25, -0.2) is 0 Å². The minimum absolute atomic E-state index is 0.0978. The average molecular weight is 548 g/mol. The monoisotopic (exact) mass is 547 g/mol. The van der Waals surface area contributed by atoms with Crippen LogP contribution in [0.3, 0.4) is 0 Å². The molecule has 40 heavy (non-hydrogen) atoms. The van der Waals surface area contributed by atoms with Gasteiger partial charge in [0.25, 0.3) is 0 Å². The molecule has 0 aliphatic rings. The Bertz CT molecular complexity index is 1510. The largest absolute Gasteiger partial charge is 0.407 e. The van der Waals surface area contributed by atoms with Gasteiger partial charge in [0.15, 0.2) is 0 Å². The smallest absolute Gasteiger partial charge is 0.310 e. The van der Waals surface area contributed by atoms with E-state index in [0.29, 0.717) is 0 Å². The van der Waals surface area contributed by atoms with Crippen molar-refractivity contribution in [1.82, 2.24) is 0 Å². The molecule has 0 fully saturated rings. The van der Waals surface area contributed by atoms with E-state index in [-0.39, 0.29) is 12.1 Å². The number of allylic oxidation sites excluding steroid dienone is 2. The van der Waals surface area contributed by atoms with E-state index in [4.69, 9.17) is 8.39 Å². The lowest BCUT2D eigenvalue weighted by atomic mass is 9.99. The van der Waals surface area contributed by atoms with Gasteiger partial charge < -0.3 is 8.39 Å². The van der Waals surface area contributed by atoms with E-state index < -0.39 is 8.16 Å². The van der Waals surface area contributed by atoms with E-state index in [1.54, 1.807) is 0 Å². The molecule has 204 valence electrons. The number of benzene rings is 4. The molecule has 0 bridgehead atoms. The second kappa shape index (κ2) is 13.0. The van der Waals surface area contributed by atoms with E-state index in [1.807, 2.05) is 12.2 Å². The number of hydrogen-bond acceptors (Lipinski definition) is 3. The minimum atomic E-state index is -1.56. The van der Waals surface area contributed by atoms with Crippen molar-refractivity contribution >= 4 is 30.1 Å². The fraction of sp³-hybridized carbons (Fsp3) is 0.222. The second-order valence-electron chi connectivity index (χ2n) is 10.0. The number of nitrogens with zero attached hydrogens (tertiary/aromatic N) is 1. The predicted molar refractivity (Wildman–Crippen MR) is 171 cm³/mol. The van der Waals surface area contributed by atoms with Gasteiger partial charge >= 0.3 is 8.16 Å². The summed E-state index contributed by atoms with van der Waals surface area (Å²) in [5.41, 5.74) is 6.53. The first-order valence-corrected chi connectivity index (χ1v) is 15.3. The van der Waals surface area contributed by atoms with Crippen molar-refractivity contribution in [2.24, 2.45) is 0 Å². The Kier molecular flexibility index (Phi) is 9.06. The summed E-state index contributed by atoms with van der Waals surface area (Å²) in [6.45, 7) is 12.6. The van der Waals surface area contributed by atoms with Crippen molar-refractivity contribution in [3.63, 3.8) is 0 Å². The Morgan fingerprint density at radius 3 is 1.43 bits per heavy atom. The van der Waals surface area contributed by atoms with Crippen LogP contribution in [0.15, 0.2) is 131 Å². The highest BCUT2D eigenvalue weighted by Crippen LogP contribution is 2.48. The molecule has 0 spiro atoms. The molecule has 0 saturated carbocycles. The van der Waals surface area contributed by atoms with Crippen LogP contribution < -0.4 is 4.67 Å². The van der Waals surface area contributed by atoms with Crippen LogP contribution in [0.5, 0.6) is 0 Å². The normalized spacial score (nSPS) is 12.9. The van der Waals surface area contributed by atoms with Crippen molar-refractivity contribution in [2.75, 3.05) is 4.67 Å². The third-order valence-corrected chi connectivity index (χ3v) is 9.13. The van der Waals surface area contributed by atoms with Gasteiger partial charge in [-0.2, -0.15) is 4.67 Å². The zero-order valence-electron chi connectivity index (χ0n) is 23.5. The lowest BCUT2D eigenvalue weighted by Crippen LogP contribution is -2.30. The molecular weight excluding hydrogens is 509 g/mol. The zero-order chi connectivity index (χ0) is 27.9. The fourth-order valence-corrected chi connectivity index (χ4v) is 7.68. The highest BCUT2D eigenvalue weighted by molar-refractivity contribution is 7.39. The summed E-state index contributed by atoms with van der Waals surface area (Å²) in [5, 5.41) is 2.12. The summed E-state index contributed by atoms with van der Waals surface area (Å²) in [6.07, 6.45) is 7.16. The first-order valence-electron chi connectivity index (χ1n) is 14.2. The lowest BCUT2D eigenvalue weighted by Gasteiger charge is -2.35. The SMILES string of the molecule is C=CCc1cccc2c1op(N([C@@H](CC)c1ccccc1)[C@@H](CC)c1ccccc1)oc1c(CC=C)cccc12. The van der Waals surface area contributed by atoms with Crippen molar-refractivity contribution in [3.8, 4) is 0 Å². The third kappa shape index (κ3) is 5.59. The summed E-state index contributed by atoms with van der Waals surface area (Å²) < 4.78 is 16.8. The Hall–Kier alpha value is -3.78. The van der Waals surface area contributed by atoms with Crippen LogP contribution in [0.4, 0.5) is 0 Å². The molecule has 0 saturated heterocycles. The molecule has 1 aromatic heterocycles. The second-order valence-corrected chi connectivity index (χ2v) is 11.3. The molecule has 0 aliphatic carbocycles. The number of fused-ring (bicyclic) bond motifs is 3. The van der Waals surface area contributed by atoms with Crippen molar-refractivity contribution in [1.29, 1.82) is 0 Å². The van der Waals surface area contributed by atoms with Crippen LogP contribution in [0.1, 0.15) is 61.0 Å². The molecule has 5 aromatic rings. The molecular formula is C36H38NO2P. The van der Waals surface area contributed by atoms with Gasteiger partial charge in [-0.3, -0.25) is 0 Å². The van der Waals surface area contributed by atoms with Crippen LogP contribution in [-0.4, -0.2) is 0 Å². The summed E-state index contributed by atoms with van der Waals surface area (Å²) >= 11 is 0. The van der Waals surface area contributed by atoms with E-state index in [0.717, 1.165) is 58.7 Å². The maximum atomic E-state index is 7.12. The molecule has 0 unspecified atom stereocenters. The van der Waals surface area contributed by atoms with Crippen molar-refractivity contribution in [2.45, 2.75) is 51.6 Å². The molecule has 0 N–H and O–H groups in total.